The molecule has 0 bridgehead atoms. The number of aromatic nitrogens is 1. The Bertz CT molecular complexity index is 712. The summed E-state index contributed by atoms with van der Waals surface area (Å²) in [6.07, 6.45) is 7.51. The van der Waals surface area contributed by atoms with Gasteiger partial charge < -0.3 is 22.1 Å². The number of nitrogens with zero attached hydrogens (tertiary/aromatic N) is 2. The summed E-state index contributed by atoms with van der Waals surface area (Å²) in [5.74, 6) is 0.611. The van der Waals surface area contributed by atoms with Gasteiger partial charge in [-0.25, -0.2) is 4.98 Å². The Kier molecular flexibility index (Phi) is 5.33. The second-order valence-electron chi connectivity index (χ2n) is 6.52. The van der Waals surface area contributed by atoms with Crippen LogP contribution in [0.2, 0.25) is 0 Å². The Morgan fingerprint density at radius 1 is 1.48 bits per heavy atom. The molecule has 1 aliphatic heterocycles. The molecule has 1 aliphatic carbocycles. The first-order valence-electron chi connectivity index (χ1n) is 8.90. The number of anilines is 1. The van der Waals surface area contributed by atoms with Crippen LogP contribution in [-0.4, -0.2) is 35.7 Å². The summed E-state index contributed by atoms with van der Waals surface area (Å²) in [5.41, 5.74) is 14.7. The number of carbonyl (C=O) groups is 1. The van der Waals surface area contributed by atoms with Gasteiger partial charge in [0.2, 0.25) is 0 Å². The molecule has 7 heteroatoms. The maximum Gasteiger partial charge on any atom is 0.254 e. The standard InChI is InChI=1S/C18H26N6O/c1-2-21-9-12(8-19)17-16-11(10-22-18(16)25)7-15(24-17)23-14-6-4-3-5-13(14)20/h7-9,13-14H,2-6,10,19-20H2,1H3,(H,22,25)(H,23,24)/t13-,14?/m0/s1. The van der Waals surface area contributed by atoms with E-state index in [0.717, 1.165) is 24.2 Å². The van der Waals surface area contributed by atoms with Crippen molar-refractivity contribution in [2.24, 2.45) is 16.5 Å². The summed E-state index contributed by atoms with van der Waals surface area (Å²) >= 11 is 0. The summed E-state index contributed by atoms with van der Waals surface area (Å²) in [7, 11) is 0. The van der Waals surface area contributed by atoms with Crippen LogP contribution in [0.15, 0.2) is 17.3 Å². The first kappa shape index (κ1) is 17.4. The van der Waals surface area contributed by atoms with Gasteiger partial charge >= 0.3 is 0 Å². The number of carbonyl (C=O) groups excluding carboxylic acids is 1. The number of aliphatic imine (C=N–C) groups is 1. The van der Waals surface area contributed by atoms with E-state index < -0.39 is 0 Å². The van der Waals surface area contributed by atoms with Crippen molar-refractivity contribution in [2.45, 2.75) is 51.2 Å². The van der Waals surface area contributed by atoms with E-state index in [2.05, 4.69) is 20.6 Å². The molecule has 2 heterocycles. The lowest BCUT2D eigenvalue weighted by Gasteiger charge is -2.30. The van der Waals surface area contributed by atoms with E-state index in [-0.39, 0.29) is 18.0 Å². The van der Waals surface area contributed by atoms with Crippen LogP contribution in [0.25, 0.3) is 5.57 Å². The SMILES string of the molecule is CCN=CC(=CN)c1nc(NC2CCCC[C@@H]2N)cc2c1C(=O)NC2. The molecular formula is C18H26N6O. The lowest BCUT2D eigenvalue weighted by molar-refractivity contribution is 0.0965. The fourth-order valence-electron chi connectivity index (χ4n) is 3.44. The lowest BCUT2D eigenvalue weighted by Crippen LogP contribution is -2.42. The third-order valence-corrected chi connectivity index (χ3v) is 4.79. The van der Waals surface area contributed by atoms with Crippen molar-refractivity contribution in [3.05, 3.63) is 29.1 Å². The Balaban J connectivity index is 1.97. The third-order valence-electron chi connectivity index (χ3n) is 4.79. The predicted octanol–water partition coefficient (Wildman–Crippen LogP) is 1.40. The summed E-state index contributed by atoms with van der Waals surface area (Å²) in [5, 5.41) is 6.32. The second-order valence-corrected chi connectivity index (χ2v) is 6.52. The highest BCUT2D eigenvalue weighted by molar-refractivity contribution is 6.14. The van der Waals surface area contributed by atoms with E-state index in [1.165, 1.54) is 19.0 Å². The minimum atomic E-state index is -0.123. The van der Waals surface area contributed by atoms with E-state index in [1.54, 1.807) is 6.21 Å². The van der Waals surface area contributed by atoms with Gasteiger partial charge in [-0.2, -0.15) is 0 Å². The number of allylic oxidation sites excluding steroid dienone is 1. The van der Waals surface area contributed by atoms with Crippen molar-refractivity contribution in [1.29, 1.82) is 0 Å². The number of hydrogen-bond acceptors (Lipinski definition) is 6. The third kappa shape index (κ3) is 3.66. The van der Waals surface area contributed by atoms with Gasteiger partial charge in [-0.15, -0.1) is 0 Å². The van der Waals surface area contributed by atoms with Gasteiger partial charge in [0.1, 0.15) is 5.82 Å². The molecule has 1 fully saturated rings. The molecule has 1 amide bonds. The first-order valence-corrected chi connectivity index (χ1v) is 8.90. The maximum absolute atomic E-state index is 12.2. The van der Waals surface area contributed by atoms with Crippen molar-refractivity contribution in [3.8, 4) is 0 Å². The first-order chi connectivity index (χ1) is 12.1. The van der Waals surface area contributed by atoms with E-state index in [0.29, 0.717) is 29.9 Å². The van der Waals surface area contributed by atoms with Crippen molar-refractivity contribution >= 4 is 23.5 Å². The monoisotopic (exact) mass is 342 g/mol. The molecule has 0 aromatic carbocycles. The van der Waals surface area contributed by atoms with E-state index in [9.17, 15) is 4.79 Å². The van der Waals surface area contributed by atoms with Crippen LogP contribution in [0.4, 0.5) is 5.82 Å². The van der Waals surface area contributed by atoms with Crippen LogP contribution in [0, 0.1) is 0 Å². The number of pyridine rings is 1. The summed E-state index contributed by atoms with van der Waals surface area (Å²) in [6.45, 7) is 3.08. The van der Waals surface area contributed by atoms with Gasteiger partial charge in [-0.3, -0.25) is 9.79 Å². The normalized spacial score (nSPS) is 23.6. The Morgan fingerprint density at radius 3 is 3.00 bits per heavy atom. The highest BCUT2D eigenvalue weighted by Gasteiger charge is 2.28. The van der Waals surface area contributed by atoms with Crippen LogP contribution in [0.1, 0.15) is 54.2 Å². The molecule has 3 rings (SSSR count). The molecular weight excluding hydrogens is 316 g/mol. The molecule has 0 radical (unpaired) electrons. The van der Waals surface area contributed by atoms with Crippen molar-refractivity contribution in [2.75, 3.05) is 11.9 Å². The minimum Gasteiger partial charge on any atom is -0.404 e. The molecule has 1 aromatic heterocycles. The van der Waals surface area contributed by atoms with E-state index in [4.69, 9.17) is 11.5 Å². The average molecular weight is 342 g/mol. The molecule has 0 saturated heterocycles. The van der Waals surface area contributed by atoms with Crippen LogP contribution in [0.5, 0.6) is 0 Å². The molecule has 134 valence electrons. The quantitative estimate of drug-likeness (QED) is 0.603. The fourth-order valence-corrected chi connectivity index (χ4v) is 3.44. The van der Waals surface area contributed by atoms with E-state index in [1.807, 2.05) is 13.0 Å². The van der Waals surface area contributed by atoms with Crippen LogP contribution >= 0.6 is 0 Å². The number of nitrogens with one attached hydrogen (secondary N) is 2. The molecule has 2 aliphatic rings. The van der Waals surface area contributed by atoms with E-state index >= 15 is 0 Å². The zero-order valence-electron chi connectivity index (χ0n) is 14.6. The summed E-state index contributed by atoms with van der Waals surface area (Å²) in [4.78, 5) is 21.2. The number of hydrogen-bond donors (Lipinski definition) is 4. The van der Waals surface area contributed by atoms with Gasteiger partial charge in [0, 0.05) is 43.2 Å². The number of amides is 1. The Morgan fingerprint density at radius 2 is 2.28 bits per heavy atom. The zero-order valence-corrected chi connectivity index (χ0v) is 14.6. The Labute approximate surface area is 148 Å². The average Bonchev–Trinajstić information content (AvgIpc) is 2.98. The molecule has 1 unspecified atom stereocenters. The molecule has 0 spiro atoms. The zero-order chi connectivity index (χ0) is 17.8. The number of rotatable bonds is 5. The molecule has 1 aromatic rings. The van der Waals surface area contributed by atoms with Crippen molar-refractivity contribution < 1.29 is 4.79 Å². The van der Waals surface area contributed by atoms with Gasteiger partial charge in [0.15, 0.2) is 0 Å². The number of nitrogens with two attached hydrogens (primary N) is 2. The largest absolute Gasteiger partial charge is 0.404 e. The van der Waals surface area contributed by atoms with Crippen LogP contribution in [-0.2, 0) is 6.54 Å². The smallest absolute Gasteiger partial charge is 0.254 e. The van der Waals surface area contributed by atoms with Crippen LogP contribution < -0.4 is 22.1 Å². The highest BCUT2D eigenvalue weighted by Crippen LogP contribution is 2.28. The maximum atomic E-state index is 12.2. The molecule has 2 atom stereocenters. The fraction of sp³-hybridized carbons (Fsp3) is 0.500. The predicted molar refractivity (Wildman–Crippen MR) is 100 cm³/mol. The second kappa shape index (κ2) is 7.65. The minimum absolute atomic E-state index is 0.123. The van der Waals surface area contributed by atoms with Gasteiger partial charge in [-0.05, 0) is 31.4 Å². The Hall–Kier alpha value is -2.41. The van der Waals surface area contributed by atoms with Crippen molar-refractivity contribution in [1.82, 2.24) is 10.3 Å². The van der Waals surface area contributed by atoms with Gasteiger partial charge in [0.25, 0.3) is 5.91 Å². The summed E-state index contributed by atoms with van der Waals surface area (Å²) < 4.78 is 0. The lowest BCUT2D eigenvalue weighted by atomic mass is 9.91. The molecule has 6 N–H and O–H groups in total. The van der Waals surface area contributed by atoms with Crippen molar-refractivity contribution in [3.63, 3.8) is 0 Å². The van der Waals surface area contributed by atoms with Gasteiger partial charge in [0.05, 0.1) is 11.3 Å². The highest BCUT2D eigenvalue weighted by atomic mass is 16.1. The molecule has 1 saturated carbocycles. The van der Waals surface area contributed by atoms with Crippen LogP contribution in [0.3, 0.4) is 0 Å². The van der Waals surface area contributed by atoms with Gasteiger partial charge in [-0.1, -0.05) is 12.8 Å². The molecule has 7 nitrogen and oxygen atoms in total. The number of fused-ring (bicyclic) bond motifs is 1. The topological polar surface area (TPSA) is 118 Å². The summed E-state index contributed by atoms with van der Waals surface area (Å²) in [6, 6.07) is 2.26. The molecule has 25 heavy (non-hydrogen) atoms.